The van der Waals surface area contributed by atoms with Gasteiger partial charge in [-0.15, -0.1) is 0 Å². The van der Waals surface area contributed by atoms with E-state index in [9.17, 15) is 27.2 Å². The fourth-order valence-electron chi connectivity index (χ4n) is 4.48. The lowest BCUT2D eigenvalue weighted by molar-refractivity contribution is -0.140. The number of nitrogens with one attached hydrogen (secondary N) is 1. The van der Waals surface area contributed by atoms with Crippen molar-refractivity contribution in [2.24, 2.45) is 0 Å². The van der Waals surface area contributed by atoms with Gasteiger partial charge in [0.2, 0.25) is 0 Å². The number of halogens is 4. The minimum atomic E-state index is -4.84. The van der Waals surface area contributed by atoms with Crippen molar-refractivity contribution in [3.8, 4) is 16.9 Å². The van der Waals surface area contributed by atoms with Gasteiger partial charge >= 0.3 is 6.18 Å². The first-order chi connectivity index (χ1) is 16.7. The zero-order chi connectivity index (χ0) is 24.8. The number of ether oxygens (including phenoxy) is 1. The van der Waals surface area contributed by atoms with E-state index in [0.717, 1.165) is 17.2 Å². The van der Waals surface area contributed by atoms with Crippen LogP contribution in [0.4, 0.5) is 17.6 Å². The standard InChI is InChI=1S/C26H20F4N2O3/c27-21-15-18(6-8-20(21)26(28,29)30)24(34)32-12-10-25(11-13-32)31-23(33)19-14-17(7-9-22(19)35-25)16-4-2-1-3-5-16/h1-9,14-15H,10-13H2,(H,31,33). The Labute approximate surface area is 198 Å². The molecule has 1 spiro atoms. The van der Waals surface area contributed by atoms with Crippen LogP contribution in [0.25, 0.3) is 11.1 Å². The van der Waals surface area contributed by atoms with E-state index in [1.54, 1.807) is 12.1 Å². The third-order valence-corrected chi connectivity index (χ3v) is 6.36. The Bertz CT molecular complexity index is 1300. The third-order valence-electron chi connectivity index (χ3n) is 6.36. The molecule has 1 fully saturated rings. The summed E-state index contributed by atoms with van der Waals surface area (Å²) in [6, 6.07) is 17.2. The SMILES string of the molecule is O=C1NC2(CCN(C(=O)c3ccc(C(F)(F)F)c(F)c3)CC2)Oc2ccc(-c3ccccc3)cc21. The molecule has 2 heterocycles. The van der Waals surface area contributed by atoms with Crippen molar-refractivity contribution in [3.05, 3.63) is 89.2 Å². The molecule has 1 saturated heterocycles. The number of piperidine rings is 1. The third kappa shape index (κ3) is 4.34. The van der Waals surface area contributed by atoms with Crippen LogP contribution in [0.15, 0.2) is 66.7 Å². The van der Waals surface area contributed by atoms with Crippen molar-refractivity contribution in [1.29, 1.82) is 0 Å². The number of likely N-dealkylation sites (tertiary alicyclic amines) is 1. The average Bonchev–Trinajstić information content (AvgIpc) is 2.83. The highest BCUT2D eigenvalue weighted by molar-refractivity contribution is 5.99. The van der Waals surface area contributed by atoms with Crippen molar-refractivity contribution in [1.82, 2.24) is 10.2 Å². The second-order valence-corrected chi connectivity index (χ2v) is 8.61. The molecule has 5 rings (SSSR count). The molecule has 0 atom stereocenters. The van der Waals surface area contributed by atoms with Crippen LogP contribution in [0.2, 0.25) is 0 Å². The summed E-state index contributed by atoms with van der Waals surface area (Å²) < 4.78 is 58.5. The molecule has 2 amide bonds. The van der Waals surface area contributed by atoms with E-state index in [1.165, 1.54) is 4.90 Å². The summed E-state index contributed by atoms with van der Waals surface area (Å²) in [5.74, 6) is -1.92. The van der Waals surface area contributed by atoms with E-state index in [2.05, 4.69) is 5.32 Å². The Balaban J connectivity index is 1.29. The number of fused-ring (bicyclic) bond motifs is 1. The molecular weight excluding hydrogens is 464 g/mol. The molecule has 3 aromatic carbocycles. The predicted molar refractivity (Wildman–Crippen MR) is 119 cm³/mol. The molecule has 35 heavy (non-hydrogen) atoms. The molecule has 2 aliphatic rings. The fourth-order valence-corrected chi connectivity index (χ4v) is 4.48. The molecule has 0 bridgehead atoms. The highest BCUT2D eigenvalue weighted by Gasteiger charge is 2.43. The molecule has 5 nitrogen and oxygen atoms in total. The molecule has 0 aromatic heterocycles. The maximum atomic E-state index is 13.9. The Morgan fingerprint density at radius 1 is 0.943 bits per heavy atom. The molecule has 180 valence electrons. The maximum absolute atomic E-state index is 13.9. The summed E-state index contributed by atoms with van der Waals surface area (Å²) in [5, 5.41) is 2.91. The summed E-state index contributed by atoms with van der Waals surface area (Å²) in [6.45, 7) is 0.359. The first-order valence-electron chi connectivity index (χ1n) is 11.0. The number of amides is 2. The van der Waals surface area contributed by atoms with E-state index < -0.39 is 29.2 Å². The van der Waals surface area contributed by atoms with Crippen molar-refractivity contribution in [3.63, 3.8) is 0 Å². The highest BCUT2D eigenvalue weighted by atomic mass is 19.4. The number of carbonyl (C=O) groups is 2. The minimum Gasteiger partial charge on any atom is -0.467 e. The fraction of sp³-hybridized carbons (Fsp3) is 0.231. The lowest BCUT2D eigenvalue weighted by Gasteiger charge is -2.44. The maximum Gasteiger partial charge on any atom is 0.419 e. The van der Waals surface area contributed by atoms with Gasteiger partial charge in [-0.3, -0.25) is 9.59 Å². The van der Waals surface area contributed by atoms with Crippen molar-refractivity contribution < 1.29 is 31.9 Å². The van der Waals surface area contributed by atoms with Gasteiger partial charge in [0.05, 0.1) is 11.1 Å². The molecule has 0 radical (unpaired) electrons. The monoisotopic (exact) mass is 484 g/mol. The molecule has 0 unspecified atom stereocenters. The molecule has 3 aromatic rings. The van der Waals surface area contributed by atoms with Gasteiger partial charge in [0.25, 0.3) is 11.8 Å². The van der Waals surface area contributed by atoms with Gasteiger partial charge in [0.1, 0.15) is 11.6 Å². The number of carbonyl (C=O) groups excluding carboxylic acids is 2. The van der Waals surface area contributed by atoms with Gasteiger partial charge in [-0.2, -0.15) is 13.2 Å². The first kappa shape index (κ1) is 22.9. The van der Waals surface area contributed by atoms with Crippen LogP contribution in [0.5, 0.6) is 5.75 Å². The summed E-state index contributed by atoms with van der Waals surface area (Å²) in [4.78, 5) is 27.1. The predicted octanol–water partition coefficient (Wildman–Crippen LogP) is 5.27. The van der Waals surface area contributed by atoms with Crippen LogP contribution >= 0.6 is 0 Å². The van der Waals surface area contributed by atoms with Crippen molar-refractivity contribution in [2.45, 2.75) is 24.7 Å². The van der Waals surface area contributed by atoms with E-state index in [0.29, 0.717) is 23.4 Å². The Hall–Kier alpha value is -3.88. The van der Waals surface area contributed by atoms with Crippen LogP contribution in [-0.2, 0) is 6.18 Å². The average molecular weight is 484 g/mol. The number of rotatable bonds is 2. The number of nitrogens with zero attached hydrogens (tertiary/aromatic N) is 1. The Kier molecular flexibility index (Phi) is 5.50. The van der Waals surface area contributed by atoms with Gasteiger partial charge in [0, 0.05) is 31.5 Å². The zero-order valence-electron chi connectivity index (χ0n) is 18.4. The van der Waals surface area contributed by atoms with Crippen molar-refractivity contribution in [2.75, 3.05) is 13.1 Å². The summed E-state index contributed by atoms with van der Waals surface area (Å²) in [5.41, 5.74) is -0.327. The first-order valence-corrected chi connectivity index (χ1v) is 11.0. The van der Waals surface area contributed by atoms with Crippen molar-refractivity contribution >= 4 is 11.8 Å². The number of alkyl halides is 3. The molecule has 0 aliphatic carbocycles. The van der Waals surface area contributed by atoms with E-state index in [4.69, 9.17) is 4.74 Å². The van der Waals surface area contributed by atoms with Crippen LogP contribution < -0.4 is 10.1 Å². The van der Waals surface area contributed by atoms with Crippen LogP contribution in [0, 0.1) is 5.82 Å². The van der Waals surface area contributed by atoms with Gasteiger partial charge in [0.15, 0.2) is 5.72 Å². The van der Waals surface area contributed by atoms with Crippen LogP contribution in [-0.4, -0.2) is 35.5 Å². The molecule has 2 aliphatic heterocycles. The minimum absolute atomic E-state index is 0.168. The number of benzene rings is 3. The summed E-state index contributed by atoms with van der Waals surface area (Å²) in [7, 11) is 0. The largest absolute Gasteiger partial charge is 0.467 e. The molecular formula is C26H20F4N2O3. The summed E-state index contributed by atoms with van der Waals surface area (Å²) in [6.07, 6.45) is -4.29. The quantitative estimate of drug-likeness (QED) is 0.505. The Morgan fingerprint density at radius 2 is 1.66 bits per heavy atom. The highest BCUT2D eigenvalue weighted by Crippen LogP contribution is 2.36. The Morgan fingerprint density at radius 3 is 2.31 bits per heavy atom. The topological polar surface area (TPSA) is 58.6 Å². The summed E-state index contributed by atoms with van der Waals surface area (Å²) >= 11 is 0. The molecule has 0 saturated carbocycles. The van der Waals surface area contributed by atoms with Gasteiger partial charge in [-0.1, -0.05) is 36.4 Å². The normalized spacial score (nSPS) is 16.9. The van der Waals surface area contributed by atoms with E-state index in [-0.39, 0.29) is 37.4 Å². The van der Waals surface area contributed by atoms with Crippen LogP contribution in [0.3, 0.4) is 0 Å². The van der Waals surface area contributed by atoms with Crippen LogP contribution in [0.1, 0.15) is 39.1 Å². The van der Waals surface area contributed by atoms with E-state index in [1.807, 2.05) is 36.4 Å². The smallest absolute Gasteiger partial charge is 0.419 e. The second-order valence-electron chi connectivity index (χ2n) is 8.61. The van der Waals surface area contributed by atoms with E-state index >= 15 is 0 Å². The van der Waals surface area contributed by atoms with Gasteiger partial charge in [-0.25, -0.2) is 4.39 Å². The zero-order valence-corrected chi connectivity index (χ0v) is 18.4. The lowest BCUT2D eigenvalue weighted by Crippen LogP contribution is -2.61. The second kappa shape index (κ2) is 8.41. The number of hydrogen-bond acceptors (Lipinski definition) is 3. The molecule has 9 heteroatoms. The van der Waals surface area contributed by atoms with Gasteiger partial charge < -0.3 is 15.0 Å². The van der Waals surface area contributed by atoms with Gasteiger partial charge in [-0.05, 0) is 41.5 Å². The lowest BCUT2D eigenvalue weighted by atomic mass is 9.95. The number of hydrogen-bond donors (Lipinski definition) is 1. The molecule has 1 N–H and O–H groups in total.